The Morgan fingerprint density at radius 2 is 1.54 bits per heavy atom. The van der Waals surface area contributed by atoms with Crippen LogP contribution in [0.15, 0.2) is 47.3 Å². The van der Waals surface area contributed by atoms with Gasteiger partial charge in [0.25, 0.3) is 0 Å². The number of fused-ring (bicyclic) bond motifs is 1. The molecule has 0 saturated heterocycles. The van der Waals surface area contributed by atoms with Crippen LogP contribution in [-0.2, 0) is 16.4 Å². The van der Waals surface area contributed by atoms with E-state index in [2.05, 4.69) is 30.4 Å². The molecule has 3 rings (SSSR count). The van der Waals surface area contributed by atoms with E-state index < -0.39 is 10.0 Å². The Labute approximate surface area is 234 Å². The van der Waals surface area contributed by atoms with Crippen molar-refractivity contribution in [1.29, 1.82) is 0 Å². The normalized spacial score (nSPS) is 11.8. The highest BCUT2D eigenvalue weighted by molar-refractivity contribution is 7.92. The van der Waals surface area contributed by atoms with Crippen LogP contribution >= 0.6 is 0 Å². The van der Waals surface area contributed by atoms with Gasteiger partial charge in [0.1, 0.15) is 5.75 Å². The third kappa shape index (κ3) is 8.83. The maximum Gasteiger partial charge on any atom is 0.229 e. The van der Waals surface area contributed by atoms with Crippen LogP contribution in [0.4, 0.5) is 5.69 Å². The standard InChI is InChI=1S/C31H44N2O5S/c1-5-8-12-27-29(28-23-37-22-17-26(28)30(27)32-39(4,35)36)31(34)24-13-15-25(16-14-24)38-21-11-20-33(18-9-6-2)19-10-7-3/h13-17,22-23,32H,5-12,18-21H2,1-4H3. The van der Waals surface area contributed by atoms with Gasteiger partial charge in [0, 0.05) is 28.8 Å². The monoisotopic (exact) mass is 556 g/mol. The van der Waals surface area contributed by atoms with Crippen LogP contribution in [-0.4, -0.2) is 51.6 Å². The van der Waals surface area contributed by atoms with Gasteiger partial charge in [-0.05, 0) is 81.1 Å². The van der Waals surface area contributed by atoms with E-state index in [1.165, 1.54) is 38.2 Å². The van der Waals surface area contributed by atoms with Gasteiger partial charge in [0.15, 0.2) is 5.78 Å². The van der Waals surface area contributed by atoms with Crippen LogP contribution < -0.4 is 9.46 Å². The first kappa shape index (κ1) is 30.7. The Balaban J connectivity index is 1.74. The molecule has 0 radical (unpaired) electrons. The van der Waals surface area contributed by atoms with E-state index in [1.807, 2.05) is 12.1 Å². The second-order valence-electron chi connectivity index (χ2n) is 10.2. The number of unbranched alkanes of at least 4 members (excludes halogenated alkanes) is 3. The molecule has 0 aromatic heterocycles. The molecule has 1 heterocycles. The molecular formula is C31H44N2O5S. The number of carbonyl (C=O) groups is 1. The summed E-state index contributed by atoms with van der Waals surface area (Å²) in [5.41, 5.74) is 3.45. The van der Waals surface area contributed by atoms with Crippen LogP contribution in [0.3, 0.4) is 0 Å². The van der Waals surface area contributed by atoms with E-state index in [1.54, 1.807) is 18.2 Å². The second-order valence-corrected chi connectivity index (χ2v) is 11.9. The fourth-order valence-electron chi connectivity index (χ4n) is 4.82. The molecule has 1 aliphatic carbocycles. The van der Waals surface area contributed by atoms with E-state index in [9.17, 15) is 13.2 Å². The summed E-state index contributed by atoms with van der Waals surface area (Å²) in [7, 11) is -3.54. The van der Waals surface area contributed by atoms with Gasteiger partial charge in [0.2, 0.25) is 10.0 Å². The summed E-state index contributed by atoms with van der Waals surface area (Å²) < 4.78 is 38.4. The van der Waals surface area contributed by atoms with Crippen LogP contribution in [0.5, 0.6) is 5.75 Å². The Bertz CT molecular complexity index is 1240. The Morgan fingerprint density at radius 1 is 0.897 bits per heavy atom. The first-order valence-electron chi connectivity index (χ1n) is 14.3. The highest BCUT2D eigenvalue weighted by atomic mass is 32.2. The molecule has 8 heteroatoms. The van der Waals surface area contributed by atoms with Crippen molar-refractivity contribution in [3.63, 3.8) is 0 Å². The van der Waals surface area contributed by atoms with Crippen molar-refractivity contribution >= 4 is 21.5 Å². The van der Waals surface area contributed by atoms with Gasteiger partial charge in [0.05, 0.1) is 31.1 Å². The molecule has 1 aromatic carbocycles. The molecule has 1 N–H and O–H groups in total. The lowest BCUT2D eigenvalue weighted by molar-refractivity contribution is 0.103. The van der Waals surface area contributed by atoms with E-state index >= 15 is 0 Å². The zero-order valence-corrected chi connectivity index (χ0v) is 24.7. The lowest BCUT2D eigenvalue weighted by Crippen LogP contribution is -2.28. The van der Waals surface area contributed by atoms with Crippen LogP contribution in [0.1, 0.15) is 87.2 Å². The number of ketones is 1. The fourth-order valence-corrected chi connectivity index (χ4v) is 5.42. The van der Waals surface area contributed by atoms with Gasteiger partial charge in [-0.2, -0.15) is 0 Å². The lowest BCUT2D eigenvalue weighted by atomic mass is 9.96. The molecule has 0 atom stereocenters. The highest BCUT2D eigenvalue weighted by Crippen LogP contribution is 2.43. The van der Waals surface area contributed by atoms with Gasteiger partial charge in [-0.3, -0.25) is 9.52 Å². The van der Waals surface area contributed by atoms with Gasteiger partial charge < -0.3 is 14.1 Å². The number of nitrogens with zero attached hydrogens (tertiary/aromatic N) is 1. The van der Waals surface area contributed by atoms with E-state index in [0.717, 1.165) is 50.9 Å². The van der Waals surface area contributed by atoms with Gasteiger partial charge in [-0.1, -0.05) is 40.0 Å². The number of ether oxygens (including phenoxy) is 1. The SMILES string of the molecule is CCCCc1c(NS(C)(=O)=O)c2ccocc-2c1C(=O)c1ccc(OCCCN(CCCC)CCCC)cc1. The number of hydrogen-bond acceptors (Lipinski definition) is 6. The van der Waals surface area contributed by atoms with Crippen molar-refractivity contribution < 1.29 is 22.4 Å². The molecule has 0 amide bonds. The molecule has 0 fully saturated rings. The third-order valence-corrected chi connectivity index (χ3v) is 7.46. The van der Waals surface area contributed by atoms with Crippen molar-refractivity contribution in [1.82, 2.24) is 4.90 Å². The average Bonchev–Trinajstić information content (AvgIpc) is 3.22. The molecule has 2 aliphatic rings. The summed E-state index contributed by atoms with van der Waals surface area (Å²) in [6.07, 6.45) is 12.3. The topological polar surface area (TPSA) is 88.8 Å². The van der Waals surface area contributed by atoms with E-state index in [-0.39, 0.29) is 5.78 Å². The highest BCUT2D eigenvalue weighted by Gasteiger charge is 2.29. The minimum Gasteiger partial charge on any atom is -0.494 e. The first-order chi connectivity index (χ1) is 18.8. The average molecular weight is 557 g/mol. The maximum absolute atomic E-state index is 13.8. The number of anilines is 1. The first-order valence-corrected chi connectivity index (χ1v) is 16.2. The summed E-state index contributed by atoms with van der Waals surface area (Å²) in [4.78, 5) is 16.3. The number of benzene rings is 1. The molecule has 7 nitrogen and oxygen atoms in total. The molecule has 39 heavy (non-hydrogen) atoms. The molecule has 214 valence electrons. The molecule has 0 saturated carbocycles. The summed E-state index contributed by atoms with van der Waals surface area (Å²) in [6, 6.07) is 8.92. The molecule has 1 aromatic rings. The van der Waals surface area contributed by atoms with Crippen molar-refractivity contribution in [2.75, 3.05) is 37.2 Å². The van der Waals surface area contributed by atoms with E-state index in [0.29, 0.717) is 46.5 Å². The zero-order chi connectivity index (χ0) is 28.3. The summed E-state index contributed by atoms with van der Waals surface area (Å²) >= 11 is 0. The number of rotatable bonds is 18. The quantitative estimate of drug-likeness (QED) is 0.134. The van der Waals surface area contributed by atoms with Crippen molar-refractivity contribution in [3.05, 3.63) is 59.5 Å². The predicted molar refractivity (Wildman–Crippen MR) is 159 cm³/mol. The van der Waals surface area contributed by atoms with Crippen LogP contribution in [0, 0.1) is 0 Å². The Hall–Kier alpha value is -2.84. The summed E-state index contributed by atoms with van der Waals surface area (Å²) in [6.45, 7) is 10.4. The predicted octanol–water partition coefficient (Wildman–Crippen LogP) is 7.00. The number of sulfonamides is 1. The minimum atomic E-state index is -3.54. The lowest BCUT2D eigenvalue weighted by Gasteiger charge is -2.21. The largest absolute Gasteiger partial charge is 0.494 e. The van der Waals surface area contributed by atoms with Crippen molar-refractivity contribution in [2.45, 2.75) is 72.1 Å². The number of nitrogens with one attached hydrogen (secondary N) is 1. The summed E-state index contributed by atoms with van der Waals surface area (Å²) in [5, 5.41) is 0. The van der Waals surface area contributed by atoms with E-state index in [4.69, 9.17) is 9.15 Å². The van der Waals surface area contributed by atoms with Crippen molar-refractivity contribution in [3.8, 4) is 16.9 Å². The Kier molecular flexibility index (Phi) is 11.9. The number of carbonyl (C=O) groups excluding carboxylic acids is 1. The fraction of sp³-hybridized carbons (Fsp3) is 0.516. The van der Waals surface area contributed by atoms with Gasteiger partial charge >= 0.3 is 0 Å². The van der Waals surface area contributed by atoms with Crippen LogP contribution in [0.25, 0.3) is 11.1 Å². The smallest absolute Gasteiger partial charge is 0.229 e. The molecule has 0 spiro atoms. The van der Waals surface area contributed by atoms with Crippen LogP contribution in [0.2, 0.25) is 0 Å². The maximum atomic E-state index is 13.8. The summed E-state index contributed by atoms with van der Waals surface area (Å²) in [5.74, 6) is 0.566. The van der Waals surface area contributed by atoms with Gasteiger partial charge in [-0.25, -0.2) is 8.42 Å². The second kappa shape index (κ2) is 15.1. The molecule has 1 aliphatic heterocycles. The molecule has 0 unspecified atom stereocenters. The Morgan fingerprint density at radius 3 is 2.15 bits per heavy atom. The molecular weight excluding hydrogens is 512 g/mol. The van der Waals surface area contributed by atoms with Crippen molar-refractivity contribution in [2.24, 2.45) is 0 Å². The zero-order valence-electron chi connectivity index (χ0n) is 23.9. The minimum absolute atomic E-state index is 0.164. The van der Waals surface area contributed by atoms with Gasteiger partial charge in [-0.15, -0.1) is 0 Å². The third-order valence-electron chi connectivity index (χ3n) is 6.89. The number of hydrogen-bond donors (Lipinski definition) is 1. The molecule has 0 bridgehead atoms.